The molecule has 0 saturated heterocycles. The van der Waals surface area contributed by atoms with Gasteiger partial charge in [0.15, 0.2) is 5.95 Å². The summed E-state index contributed by atoms with van der Waals surface area (Å²) in [5.41, 5.74) is 6.44. The monoisotopic (exact) mass is 1680 g/mol. The van der Waals surface area contributed by atoms with E-state index >= 15 is 0 Å². The lowest BCUT2D eigenvalue weighted by Crippen LogP contribution is -2.57. The molecule has 14 N–H and O–H groups in total. The maximum absolute atomic E-state index is 14.2. The number of aliphatic carboxylic acids is 2. The molecule has 8 bridgehead atoms. The number of sulfonamides is 1. The van der Waals surface area contributed by atoms with Crippen LogP contribution in [0.3, 0.4) is 0 Å². The molecule has 0 fully saturated rings. The zero-order valence-corrected chi connectivity index (χ0v) is 67.9. The Morgan fingerprint density at radius 1 is 0.720 bits per heavy atom. The summed E-state index contributed by atoms with van der Waals surface area (Å²) in [5.74, 6) is -13.3. The van der Waals surface area contributed by atoms with Gasteiger partial charge in [0.25, 0.3) is 26.1 Å². The van der Waals surface area contributed by atoms with Gasteiger partial charge in [0.2, 0.25) is 39.1 Å². The Morgan fingerprint density at radius 2 is 1.38 bits per heavy atom. The molecule has 626 valence electrons. The van der Waals surface area contributed by atoms with Crippen LogP contribution in [0.15, 0.2) is 107 Å². The average molecular weight is 1690 g/mol. The van der Waals surface area contributed by atoms with Crippen LogP contribution in [-0.2, 0) is 104 Å². The van der Waals surface area contributed by atoms with Crippen molar-refractivity contribution in [3.63, 3.8) is 0 Å². The third-order valence-electron chi connectivity index (χ3n) is 20.3. The first-order valence-corrected chi connectivity index (χ1v) is 41.4. The Bertz CT molecular complexity index is 5960. The number of aromatic amines is 3. The molecule has 5 atom stereocenters. The summed E-state index contributed by atoms with van der Waals surface area (Å²) in [6.45, 7) is 12.8. The number of anilines is 1. The number of methoxy groups -OCH3 is 2. The first-order valence-electron chi connectivity index (χ1n) is 36.7. The van der Waals surface area contributed by atoms with E-state index in [1.54, 1.807) is 99.4 Å². The number of carbonyl (C=O) groups excluding carboxylic acids is 7. The van der Waals surface area contributed by atoms with Crippen LogP contribution in [0.1, 0.15) is 118 Å². The number of amides is 5. The van der Waals surface area contributed by atoms with Crippen LogP contribution in [0.5, 0.6) is 5.75 Å². The van der Waals surface area contributed by atoms with Gasteiger partial charge in [0.1, 0.15) is 46.9 Å². The van der Waals surface area contributed by atoms with Crippen LogP contribution in [0, 0.1) is 33.6 Å². The first-order chi connectivity index (χ1) is 55.6. The van der Waals surface area contributed by atoms with Gasteiger partial charge in [-0.1, -0.05) is 30.9 Å². The number of esters is 2. The summed E-state index contributed by atoms with van der Waals surface area (Å²) >= 11 is 0. The van der Waals surface area contributed by atoms with Gasteiger partial charge in [-0.15, -0.1) is 0 Å². The lowest BCUT2D eigenvalue weighted by molar-refractivity contribution is -0.149. The molecule has 1 unspecified atom stereocenters. The number of ether oxygens (including phenoxy) is 3. The molecular weight excluding hydrogens is 1600 g/mol. The Hall–Kier alpha value is -12.5. The standard InChI is InChI=1S/C78H88N14O23S3/c1-11-46-41(4)54-31-59-52-19-16-50(75(103)113-9)68(76(104)114-10)78(52,7)64(88-59)33-55-43(6)47(57(87-55)32-58-48(18-21-67(95)96)42(5)53(86-58)30-56(46)85-54)17-20-66(94)89-62(38-117(108,109)110)73(100)90-61(37-116(105,106)107)72(99)80-23-22-79-65(93)13-12-26-115-45-27-39(2)70(40(3)28-45)118(111,112)91-60(74(101)102)35-83-71(98)51-36-92(8)63-29-44(14-15-49(63)69(51)97)34-84-77-81-24-25-82-77/h11,14-16,19,24-25,27-33,36,60-62,68,85,87,91H,1,12-13,17-18,20-23,26,34-35,37-38H2,2-10H3,(H,79,93)(H,80,99)(H,83,98)(H,89,94)(H,90,100)(H,95,96)(H,101,102)(H2,81,82,84)(H,105,106,107)(H,108,109,110)/t60-,61-,62-,68-,78?/m0/s1. The summed E-state index contributed by atoms with van der Waals surface area (Å²) in [7, 11) is -11.0. The van der Waals surface area contributed by atoms with Crippen LogP contribution in [-0.4, -0.2) is 203 Å². The fourth-order valence-corrected chi connectivity index (χ4v) is 17.4. The molecule has 5 aromatic heterocycles. The molecule has 7 heterocycles. The van der Waals surface area contributed by atoms with E-state index in [0.29, 0.717) is 90.6 Å². The van der Waals surface area contributed by atoms with Crippen molar-refractivity contribution in [2.75, 3.05) is 57.3 Å². The number of carboxylic acids is 2. The van der Waals surface area contributed by atoms with Crippen LogP contribution in [0.2, 0.25) is 0 Å². The summed E-state index contributed by atoms with van der Waals surface area (Å²) in [6.07, 6.45) is 8.16. The molecule has 118 heavy (non-hydrogen) atoms. The molecule has 0 saturated carbocycles. The number of imidazole rings is 1. The molecule has 5 amide bonds. The second kappa shape index (κ2) is 36.3. The Labute approximate surface area is 675 Å². The van der Waals surface area contributed by atoms with E-state index in [0.717, 1.165) is 11.1 Å². The maximum Gasteiger partial charge on any atom is 0.334 e. The van der Waals surface area contributed by atoms with E-state index in [1.165, 1.54) is 52.5 Å². The second-order valence-corrected chi connectivity index (χ2v) is 33.1. The van der Waals surface area contributed by atoms with Crippen LogP contribution >= 0.6 is 0 Å². The molecule has 2 aliphatic heterocycles. The van der Waals surface area contributed by atoms with E-state index in [4.69, 9.17) is 24.2 Å². The number of pyridine rings is 1. The quantitative estimate of drug-likeness (QED) is 0.0149. The summed E-state index contributed by atoms with van der Waals surface area (Å²) in [6, 6.07) is 8.26. The van der Waals surface area contributed by atoms with Crippen molar-refractivity contribution in [2.45, 2.75) is 115 Å². The Morgan fingerprint density at radius 3 is 2.03 bits per heavy atom. The van der Waals surface area contributed by atoms with Gasteiger partial charge >= 0.3 is 23.9 Å². The first kappa shape index (κ1) is 87.9. The molecule has 37 nitrogen and oxygen atoms in total. The third kappa shape index (κ3) is 20.3. The number of nitrogens with zero attached hydrogens (tertiary/aromatic N) is 4. The zero-order valence-electron chi connectivity index (χ0n) is 65.4. The van der Waals surface area contributed by atoms with Gasteiger partial charge < -0.3 is 75.8 Å². The highest BCUT2D eigenvalue weighted by Crippen LogP contribution is 2.52. The lowest BCUT2D eigenvalue weighted by Gasteiger charge is -2.36. The Balaban J connectivity index is 0.775. The van der Waals surface area contributed by atoms with Gasteiger partial charge in [-0.05, 0) is 159 Å². The highest BCUT2D eigenvalue weighted by molar-refractivity contribution is 7.89. The third-order valence-corrected chi connectivity index (χ3v) is 23.6. The van der Waals surface area contributed by atoms with Gasteiger partial charge in [-0.25, -0.2) is 23.2 Å². The number of H-pyrrole nitrogens is 3. The van der Waals surface area contributed by atoms with Crippen LogP contribution in [0.4, 0.5) is 5.95 Å². The number of aromatic nitrogens is 7. The predicted octanol–water partition coefficient (Wildman–Crippen LogP) is 4.35. The molecule has 3 aliphatic rings. The average Bonchev–Trinajstić information content (AvgIpc) is 1.56. The van der Waals surface area contributed by atoms with Crippen molar-refractivity contribution in [1.29, 1.82) is 0 Å². The molecule has 1 aliphatic carbocycles. The molecular formula is C78H88N14O23S3. The zero-order chi connectivity index (χ0) is 86.2. The van der Waals surface area contributed by atoms with Crippen molar-refractivity contribution in [1.82, 2.24) is 65.8 Å². The fraction of sp³-hybridized carbons (Fsp3) is 0.346. The molecule has 7 aromatic rings. The van der Waals surface area contributed by atoms with E-state index in [2.05, 4.69) is 57.8 Å². The number of fused-ring (bicyclic) bond motifs is 12. The summed E-state index contributed by atoms with van der Waals surface area (Å²) in [5, 5.41) is 34.7. The van der Waals surface area contributed by atoms with Gasteiger partial charge in [-0.2, -0.15) is 21.6 Å². The number of carbonyl (C=O) groups is 9. The van der Waals surface area contributed by atoms with E-state index < -0.39 is 150 Å². The van der Waals surface area contributed by atoms with Crippen LogP contribution < -0.4 is 46.8 Å². The topological polar surface area (TPSA) is 557 Å². The van der Waals surface area contributed by atoms with Crippen molar-refractivity contribution >= 4 is 145 Å². The molecule has 0 radical (unpaired) electrons. The number of allylic oxidation sites excluding steroid dienone is 5. The van der Waals surface area contributed by atoms with Gasteiger partial charge in [-0.3, -0.25) is 57.2 Å². The molecule has 0 spiro atoms. The minimum atomic E-state index is -5.18. The van der Waals surface area contributed by atoms with Gasteiger partial charge in [0, 0.05) is 104 Å². The van der Waals surface area contributed by atoms with Crippen LogP contribution in [0.25, 0.3) is 55.8 Å². The van der Waals surface area contributed by atoms with Crippen molar-refractivity contribution in [3.05, 3.63) is 175 Å². The highest BCUT2D eigenvalue weighted by atomic mass is 32.2. The molecule has 10 rings (SSSR count). The minimum absolute atomic E-state index is 0.0229. The number of rotatable bonds is 35. The number of benzene rings is 2. The van der Waals surface area contributed by atoms with Gasteiger partial charge in [0.05, 0.1) is 65.0 Å². The minimum Gasteiger partial charge on any atom is -0.494 e. The maximum atomic E-state index is 14.2. The Kier molecular flexibility index (Phi) is 27.1. The number of nitrogens with one attached hydrogen (secondary N) is 10. The predicted molar refractivity (Wildman–Crippen MR) is 432 cm³/mol. The van der Waals surface area contributed by atoms with Crippen molar-refractivity contribution < 1.29 is 102 Å². The fourth-order valence-electron chi connectivity index (χ4n) is 14.4. The molecule has 40 heteroatoms. The number of aryl methyl sites for hydroxylation is 6. The number of hydrogen-bond donors (Lipinski definition) is 14. The van der Waals surface area contributed by atoms with Crippen molar-refractivity contribution in [2.24, 2.45) is 13.0 Å². The molecule has 2 aromatic carbocycles. The summed E-state index contributed by atoms with van der Waals surface area (Å²) < 4.78 is 117. The SMILES string of the molecule is C=Cc1c(C)c2cc3nc(cc4[nH]c(cc5nc(cc1[nH]2)C(C)=C5CCC(=O)O)c(CCC(=O)N[C@@H](CS(=O)(=O)O)C(=O)N[C@@H](CS(=O)(=O)O)C(=O)NCCNC(=O)CCCOc1cc(C)c(S(=O)(=O)N[C@@H](CNC(=O)c2cn(C)c5cc(CNc6ncc[nH]6)ccc5c2=O)C(=O)O)c(C)c1)c4C)C1(C)C3=CC=C(C(=O)OC)[C@H]1C(=O)OC. The summed E-state index contributed by atoms with van der Waals surface area (Å²) in [4.78, 5) is 157. The number of hydrogen-bond acceptors (Lipinski definition) is 23. The largest absolute Gasteiger partial charge is 0.494 e. The smallest absolute Gasteiger partial charge is 0.334 e. The van der Waals surface area contributed by atoms with Crippen molar-refractivity contribution in [3.8, 4) is 5.75 Å². The highest BCUT2D eigenvalue weighted by Gasteiger charge is 2.54. The van der Waals surface area contributed by atoms with E-state index in [9.17, 15) is 92.5 Å². The number of carboxylic acid groups (broad SMARTS) is 2. The normalized spacial score (nSPS) is 15.4. The lowest BCUT2D eigenvalue weighted by atomic mass is 9.64. The second-order valence-electron chi connectivity index (χ2n) is 28.4. The van der Waals surface area contributed by atoms with E-state index in [-0.39, 0.29) is 89.2 Å². The van der Waals surface area contributed by atoms with E-state index in [1.807, 2.05) is 12.2 Å².